The van der Waals surface area contributed by atoms with E-state index in [0.717, 1.165) is 63.5 Å². The number of anilines is 1. The van der Waals surface area contributed by atoms with Crippen molar-refractivity contribution in [2.45, 2.75) is 19.4 Å². The summed E-state index contributed by atoms with van der Waals surface area (Å²) in [6.45, 7) is 6.22. The van der Waals surface area contributed by atoms with Crippen LogP contribution in [0.3, 0.4) is 0 Å². The zero-order valence-corrected chi connectivity index (χ0v) is 14.0. The molecule has 0 aliphatic carbocycles. The van der Waals surface area contributed by atoms with E-state index in [1.54, 1.807) is 7.11 Å². The van der Waals surface area contributed by atoms with E-state index in [1.165, 1.54) is 0 Å². The predicted octanol–water partition coefficient (Wildman–Crippen LogP) is 1.67. The molecule has 1 saturated heterocycles. The number of morpholine rings is 1. The number of para-hydroxylation sites is 1. The van der Waals surface area contributed by atoms with Gasteiger partial charge in [-0.3, -0.25) is 9.89 Å². The number of nitrogens with one attached hydrogen (secondary N) is 1. The highest BCUT2D eigenvalue weighted by atomic mass is 16.5. The summed E-state index contributed by atoms with van der Waals surface area (Å²) in [5.74, 6) is 0.458. The van der Waals surface area contributed by atoms with Crippen molar-refractivity contribution in [3.8, 4) is 0 Å². The number of nitrogens with two attached hydrogens (primary N) is 1. The van der Waals surface area contributed by atoms with Crippen molar-refractivity contribution in [3.63, 3.8) is 0 Å². The fourth-order valence-corrected chi connectivity index (χ4v) is 2.57. The first-order valence-corrected chi connectivity index (χ1v) is 8.23. The van der Waals surface area contributed by atoms with E-state index in [4.69, 9.17) is 15.2 Å². The molecule has 1 fully saturated rings. The maximum atomic E-state index is 5.97. The number of hydrogen-bond donors (Lipinski definition) is 2. The Morgan fingerprint density at radius 3 is 2.87 bits per heavy atom. The smallest absolute Gasteiger partial charge is 0.193 e. The van der Waals surface area contributed by atoms with Gasteiger partial charge in [-0.25, -0.2) is 0 Å². The number of aliphatic imine (C=N–C) groups is 1. The fourth-order valence-electron chi connectivity index (χ4n) is 2.57. The summed E-state index contributed by atoms with van der Waals surface area (Å²) >= 11 is 0. The molecule has 1 aliphatic rings. The zero-order chi connectivity index (χ0) is 16.3. The monoisotopic (exact) mass is 320 g/mol. The normalized spacial score (nSPS) is 16.5. The molecule has 0 spiro atoms. The minimum absolute atomic E-state index is 0.458. The fraction of sp³-hybridized carbons (Fsp3) is 0.588. The van der Waals surface area contributed by atoms with Gasteiger partial charge in [-0.1, -0.05) is 18.2 Å². The quantitative estimate of drug-likeness (QED) is 0.433. The Morgan fingerprint density at radius 1 is 1.30 bits per heavy atom. The molecule has 0 bridgehead atoms. The second kappa shape index (κ2) is 10.2. The van der Waals surface area contributed by atoms with Crippen molar-refractivity contribution < 1.29 is 9.47 Å². The molecule has 0 unspecified atom stereocenters. The van der Waals surface area contributed by atoms with Gasteiger partial charge in [0.15, 0.2) is 5.96 Å². The van der Waals surface area contributed by atoms with Crippen molar-refractivity contribution >= 4 is 11.6 Å². The maximum Gasteiger partial charge on any atom is 0.193 e. The topological polar surface area (TPSA) is 72.1 Å². The average molecular weight is 320 g/mol. The second-order valence-electron chi connectivity index (χ2n) is 5.64. The molecule has 0 saturated carbocycles. The summed E-state index contributed by atoms with van der Waals surface area (Å²) in [6, 6.07) is 7.95. The molecule has 6 nitrogen and oxygen atoms in total. The van der Waals surface area contributed by atoms with E-state index in [2.05, 4.69) is 15.2 Å². The number of ether oxygens (including phenoxy) is 2. The third-order valence-electron chi connectivity index (χ3n) is 3.85. The molecule has 6 heteroatoms. The standard InChI is InChI=1S/C17H28N4O2/c1-22-14-15-6-2-3-7-16(15)20-17(18)19-8-4-5-9-21-10-12-23-13-11-21/h2-3,6-7H,4-5,8-14H2,1H3,(H3,18,19,20). The third kappa shape index (κ3) is 6.56. The Bertz CT molecular complexity index is 487. The first kappa shape index (κ1) is 17.7. The SMILES string of the molecule is COCc1ccccc1NC(N)=NCCCCN1CCOCC1. The molecular formula is C17H28N4O2. The maximum absolute atomic E-state index is 5.97. The van der Waals surface area contributed by atoms with Crippen molar-refractivity contribution in [2.75, 3.05) is 51.8 Å². The molecule has 23 heavy (non-hydrogen) atoms. The summed E-state index contributed by atoms with van der Waals surface area (Å²) in [7, 11) is 1.68. The van der Waals surface area contributed by atoms with Crippen LogP contribution in [0.1, 0.15) is 18.4 Å². The summed E-state index contributed by atoms with van der Waals surface area (Å²) in [4.78, 5) is 6.84. The Kier molecular flexibility index (Phi) is 7.86. The molecule has 1 heterocycles. The molecule has 0 aromatic heterocycles. The largest absolute Gasteiger partial charge is 0.380 e. The number of benzene rings is 1. The summed E-state index contributed by atoms with van der Waals surface area (Å²) < 4.78 is 10.5. The van der Waals surface area contributed by atoms with Crippen LogP contribution in [0.25, 0.3) is 0 Å². The van der Waals surface area contributed by atoms with Crippen LogP contribution in [0.15, 0.2) is 29.3 Å². The molecule has 3 N–H and O–H groups in total. The van der Waals surface area contributed by atoms with Crippen molar-refractivity contribution in [3.05, 3.63) is 29.8 Å². The van der Waals surface area contributed by atoms with Gasteiger partial charge in [-0.15, -0.1) is 0 Å². The van der Waals surface area contributed by atoms with Gasteiger partial charge in [-0.2, -0.15) is 0 Å². The lowest BCUT2D eigenvalue weighted by Crippen LogP contribution is -2.36. The lowest BCUT2D eigenvalue weighted by Gasteiger charge is -2.26. The minimum Gasteiger partial charge on any atom is -0.380 e. The van der Waals surface area contributed by atoms with Gasteiger partial charge >= 0.3 is 0 Å². The highest BCUT2D eigenvalue weighted by Crippen LogP contribution is 2.15. The molecule has 0 radical (unpaired) electrons. The van der Waals surface area contributed by atoms with Crippen molar-refractivity contribution in [1.82, 2.24) is 4.90 Å². The average Bonchev–Trinajstić information content (AvgIpc) is 2.57. The Labute approximate surface area is 138 Å². The van der Waals surface area contributed by atoms with Crippen LogP contribution >= 0.6 is 0 Å². The van der Waals surface area contributed by atoms with Crippen molar-refractivity contribution in [1.29, 1.82) is 0 Å². The van der Waals surface area contributed by atoms with Crippen LogP contribution in [0.2, 0.25) is 0 Å². The summed E-state index contributed by atoms with van der Waals surface area (Å²) in [5, 5.41) is 3.16. The van der Waals surface area contributed by atoms with E-state index in [9.17, 15) is 0 Å². The minimum atomic E-state index is 0.458. The molecule has 1 aromatic carbocycles. The molecule has 0 atom stereocenters. The molecule has 0 amide bonds. The lowest BCUT2D eigenvalue weighted by atomic mass is 10.2. The van der Waals surface area contributed by atoms with Crippen LogP contribution in [-0.4, -0.2) is 57.4 Å². The van der Waals surface area contributed by atoms with E-state index in [-0.39, 0.29) is 0 Å². The summed E-state index contributed by atoms with van der Waals surface area (Å²) in [5.41, 5.74) is 7.98. The molecule has 128 valence electrons. The zero-order valence-electron chi connectivity index (χ0n) is 14.0. The number of hydrogen-bond acceptors (Lipinski definition) is 4. The number of unbranched alkanes of at least 4 members (excludes halogenated alkanes) is 1. The third-order valence-corrected chi connectivity index (χ3v) is 3.85. The van der Waals surface area contributed by atoms with E-state index in [0.29, 0.717) is 12.6 Å². The van der Waals surface area contributed by atoms with E-state index in [1.807, 2.05) is 24.3 Å². The van der Waals surface area contributed by atoms with Gasteiger partial charge in [0.1, 0.15) is 0 Å². The first-order valence-electron chi connectivity index (χ1n) is 8.23. The van der Waals surface area contributed by atoms with Crippen LogP contribution in [0, 0.1) is 0 Å². The highest BCUT2D eigenvalue weighted by Gasteiger charge is 2.08. The predicted molar refractivity (Wildman–Crippen MR) is 93.8 cm³/mol. The van der Waals surface area contributed by atoms with Gasteiger partial charge in [-0.05, 0) is 25.5 Å². The van der Waals surface area contributed by atoms with Gasteiger partial charge < -0.3 is 20.5 Å². The molecule has 1 aromatic rings. The van der Waals surface area contributed by atoms with Crippen LogP contribution < -0.4 is 11.1 Å². The Hall–Kier alpha value is -1.63. The second-order valence-corrected chi connectivity index (χ2v) is 5.64. The van der Waals surface area contributed by atoms with Gasteiger partial charge in [0.05, 0.1) is 19.8 Å². The molecule has 2 rings (SSSR count). The Balaban J connectivity index is 1.68. The number of nitrogens with zero attached hydrogens (tertiary/aromatic N) is 2. The van der Waals surface area contributed by atoms with E-state index < -0.39 is 0 Å². The van der Waals surface area contributed by atoms with Gasteiger partial charge in [0, 0.05) is 38.0 Å². The lowest BCUT2D eigenvalue weighted by molar-refractivity contribution is 0.0373. The number of rotatable bonds is 8. The molecule has 1 aliphatic heterocycles. The van der Waals surface area contributed by atoms with E-state index >= 15 is 0 Å². The van der Waals surface area contributed by atoms with Gasteiger partial charge in [0.25, 0.3) is 0 Å². The van der Waals surface area contributed by atoms with Crippen LogP contribution in [0.4, 0.5) is 5.69 Å². The number of guanidine groups is 1. The van der Waals surface area contributed by atoms with Crippen molar-refractivity contribution in [2.24, 2.45) is 10.7 Å². The van der Waals surface area contributed by atoms with Crippen LogP contribution in [-0.2, 0) is 16.1 Å². The summed E-state index contributed by atoms with van der Waals surface area (Å²) in [6.07, 6.45) is 2.18. The molecular weight excluding hydrogens is 292 g/mol. The number of methoxy groups -OCH3 is 1. The van der Waals surface area contributed by atoms with Crippen LogP contribution in [0.5, 0.6) is 0 Å². The highest BCUT2D eigenvalue weighted by molar-refractivity contribution is 5.92. The van der Waals surface area contributed by atoms with Gasteiger partial charge in [0.2, 0.25) is 0 Å². The Morgan fingerprint density at radius 2 is 2.09 bits per heavy atom. The first-order chi connectivity index (χ1) is 11.3.